The first kappa shape index (κ1) is 9.41. The van der Waals surface area contributed by atoms with E-state index >= 15 is 0 Å². The molecule has 0 amide bonds. The zero-order valence-corrected chi connectivity index (χ0v) is 9.42. The van der Waals surface area contributed by atoms with Gasteiger partial charge in [0.1, 0.15) is 0 Å². The van der Waals surface area contributed by atoms with Gasteiger partial charge in [0.2, 0.25) is 0 Å². The van der Waals surface area contributed by atoms with Crippen LogP contribution in [-0.2, 0) is 6.54 Å². The molecule has 0 radical (unpaired) electrons. The number of hydrogen-bond acceptors (Lipinski definition) is 1. The molecule has 3 rings (SSSR count). The fourth-order valence-corrected chi connectivity index (χ4v) is 2.25. The molecule has 0 spiro atoms. The van der Waals surface area contributed by atoms with Crippen molar-refractivity contribution >= 4 is 0 Å². The maximum absolute atomic E-state index is 3.56. The third kappa shape index (κ3) is 2.23. The summed E-state index contributed by atoms with van der Waals surface area (Å²) in [4.78, 5) is 0. The Bertz CT molecular complexity index is 362. The van der Waals surface area contributed by atoms with Gasteiger partial charge in [-0.1, -0.05) is 18.2 Å². The topological polar surface area (TPSA) is 12.0 Å². The first-order valence-electron chi connectivity index (χ1n) is 6.16. The van der Waals surface area contributed by atoms with Crippen molar-refractivity contribution in [1.29, 1.82) is 0 Å². The molecule has 1 N–H and O–H groups in total. The van der Waals surface area contributed by atoms with Gasteiger partial charge >= 0.3 is 0 Å². The van der Waals surface area contributed by atoms with Crippen molar-refractivity contribution in [3.63, 3.8) is 0 Å². The minimum atomic E-state index is 0.813. The highest BCUT2D eigenvalue weighted by molar-refractivity contribution is 5.35. The average molecular weight is 201 g/mol. The van der Waals surface area contributed by atoms with E-state index in [1.807, 2.05) is 0 Å². The van der Waals surface area contributed by atoms with Gasteiger partial charge in [-0.15, -0.1) is 0 Å². The van der Waals surface area contributed by atoms with E-state index < -0.39 is 0 Å². The zero-order valence-electron chi connectivity index (χ0n) is 9.42. The highest BCUT2D eigenvalue weighted by atomic mass is 14.9. The maximum atomic E-state index is 3.56. The average Bonchev–Trinajstić information content (AvgIpc) is 3.09. The second-order valence-corrected chi connectivity index (χ2v) is 5.12. The van der Waals surface area contributed by atoms with Crippen LogP contribution in [0.2, 0.25) is 0 Å². The lowest BCUT2D eigenvalue weighted by atomic mass is 10.0. The molecule has 80 valence electrons. The van der Waals surface area contributed by atoms with Gasteiger partial charge in [0.15, 0.2) is 0 Å². The molecule has 2 aliphatic rings. The van der Waals surface area contributed by atoms with E-state index in [0.29, 0.717) is 0 Å². The second-order valence-electron chi connectivity index (χ2n) is 5.12. The standard InChI is InChI=1S/C14H19N/c1-10-8-11(9-15-13-5-6-13)2-7-14(10)12-3-4-12/h2,7-8,12-13,15H,3-6,9H2,1H3. The molecule has 2 aliphatic carbocycles. The molecule has 2 fully saturated rings. The molecule has 0 heterocycles. The second kappa shape index (κ2) is 3.64. The van der Waals surface area contributed by atoms with Crippen LogP contribution in [0.15, 0.2) is 18.2 Å². The summed E-state index contributed by atoms with van der Waals surface area (Å²) >= 11 is 0. The van der Waals surface area contributed by atoms with Crippen molar-refractivity contribution in [2.24, 2.45) is 0 Å². The van der Waals surface area contributed by atoms with E-state index in [4.69, 9.17) is 0 Å². The lowest BCUT2D eigenvalue weighted by molar-refractivity contribution is 0.687. The number of hydrogen-bond donors (Lipinski definition) is 1. The van der Waals surface area contributed by atoms with Gasteiger partial charge in [-0.05, 0) is 55.2 Å². The van der Waals surface area contributed by atoms with Gasteiger partial charge in [-0.25, -0.2) is 0 Å². The highest BCUT2D eigenvalue weighted by Crippen LogP contribution is 2.41. The van der Waals surface area contributed by atoms with Gasteiger partial charge in [0.25, 0.3) is 0 Å². The molecular weight excluding hydrogens is 182 g/mol. The Morgan fingerprint density at radius 2 is 2.00 bits per heavy atom. The Labute approximate surface area is 91.9 Å². The highest BCUT2D eigenvalue weighted by Gasteiger charge is 2.25. The van der Waals surface area contributed by atoms with Crippen LogP contribution in [0.4, 0.5) is 0 Å². The molecule has 0 saturated heterocycles. The lowest BCUT2D eigenvalue weighted by Gasteiger charge is -2.08. The summed E-state index contributed by atoms with van der Waals surface area (Å²) < 4.78 is 0. The molecule has 1 aromatic rings. The van der Waals surface area contributed by atoms with E-state index in [1.165, 1.54) is 36.8 Å². The molecule has 0 bridgehead atoms. The molecule has 1 heteroatoms. The fraction of sp³-hybridized carbons (Fsp3) is 0.571. The fourth-order valence-electron chi connectivity index (χ4n) is 2.25. The first-order chi connectivity index (χ1) is 7.33. The Morgan fingerprint density at radius 1 is 1.20 bits per heavy atom. The SMILES string of the molecule is Cc1cc(CNC2CC2)ccc1C1CC1. The molecule has 15 heavy (non-hydrogen) atoms. The normalized spacial score (nSPS) is 20.6. The Morgan fingerprint density at radius 3 is 2.60 bits per heavy atom. The lowest BCUT2D eigenvalue weighted by Crippen LogP contribution is -2.15. The van der Waals surface area contributed by atoms with Crippen molar-refractivity contribution < 1.29 is 0 Å². The summed E-state index contributed by atoms with van der Waals surface area (Å²) in [5.74, 6) is 0.885. The number of aryl methyl sites for hydroxylation is 1. The molecule has 0 atom stereocenters. The smallest absolute Gasteiger partial charge is 0.0208 e. The van der Waals surface area contributed by atoms with Crippen molar-refractivity contribution in [2.45, 2.75) is 51.1 Å². The Hall–Kier alpha value is -0.820. The van der Waals surface area contributed by atoms with E-state index in [2.05, 4.69) is 30.4 Å². The Kier molecular flexibility index (Phi) is 2.28. The molecule has 2 saturated carbocycles. The number of nitrogens with one attached hydrogen (secondary N) is 1. The summed E-state index contributed by atoms with van der Waals surface area (Å²) in [5.41, 5.74) is 4.53. The Balaban J connectivity index is 1.69. The van der Waals surface area contributed by atoms with Gasteiger partial charge in [-0.2, -0.15) is 0 Å². The van der Waals surface area contributed by atoms with Crippen LogP contribution in [0.3, 0.4) is 0 Å². The number of rotatable bonds is 4. The molecule has 0 aliphatic heterocycles. The minimum Gasteiger partial charge on any atom is -0.310 e. The zero-order chi connectivity index (χ0) is 10.3. The molecular formula is C14H19N. The van der Waals surface area contributed by atoms with E-state index in [1.54, 1.807) is 5.56 Å². The van der Waals surface area contributed by atoms with Gasteiger partial charge in [-0.3, -0.25) is 0 Å². The van der Waals surface area contributed by atoms with Crippen LogP contribution >= 0.6 is 0 Å². The van der Waals surface area contributed by atoms with Crippen LogP contribution in [0.1, 0.15) is 48.3 Å². The van der Waals surface area contributed by atoms with Crippen LogP contribution < -0.4 is 5.32 Å². The monoisotopic (exact) mass is 201 g/mol. The van der Waals surface area contributed by atoms with Crippen molar-refractivity contribution in [1.82, 2.24) is 5.32 Å². The molecule has 0 aromatic heterocycles. The van der Waals surface area contributed by atoms with Crippen LogP contribution in [-0.4, -0.2) is 6.04 Å². The van der Waals surface area contributed by atoms with Crippen LogP contribution in [0, 0.1) is 6.92 Å². The predicted molar refractivity (Wildman–Crippen MR) is 63.0 cm³/mol. The summed E-state index contributed by atoms with van der Waals surface area (Å²) in [6.07, 6.45) is 5.55. The maximum Gasteiger partial charge on any atom is 0.0208 e. The third-order valence-electron chi connectivity index (χ3n) is 3.52. The van der Waals surface area contributed by atoms with Crippen molar-refractivity contribution in [2.75, 3.05) is 0 Å². The van der Waals surface area contributed by atoms with E-state index in [9.17, 15) is 0 Å². The molecule has 1 nitrogen and oxygen atoms in total. The van der Waals surface area contributed by atoms with Crippen molar-refractivity contribution in [3.05, 3.63) is 34.9 Å². The number of benzene rings is 1. The van der Waals surface area contributed by atoms with E-state index in [0.717, 1.165) is 18.5 Å². The minimum absolute atomic E-state index is 0.813. The van der Waals surface area contributed by atoms with Gasteiger partial charge in [0.05, 0.1) is 0 Å². The third-order valence-corrected chi connectivity index (χ3v) is 3.52. The largest absolute Gasteiger partial charge is 0.310 e. The molecule has 1 aromatic carbocycles. The summed E-state index contributed by atoms with van der Waals surface area (Å²) in [5, 5.41) is 3.56. The molecule has 0 unspecified atom stereocenters. The van der Waals surface area contributed by atoms with E-state index in [-0.39, 0.29) is 0 Å². The summed E-state index contributed by atoms with van der Waals surface area (Å²) in [6, 6.07) is 7.82. The first-order valence-corrected chi connectivity index (χ1v) is 6.16. The quantitative estimate of drug-likeness (QED) is 0.789. The summed E-state index contributed by atoms with van der Waals surface area (Å²) in [6.45, 7) is 3.31. The predicted octanol–water partition coefficient (Wildman–Crippen LogP) is 3.12. The van der Waals surface area contributed by atoms with Gasteiger partial charge in [0, 0.05) is 12.6 Å². The van der Waals surface area contributed by atoms with Crippen LogP contribution in [0.5, 0.6) is 0 Å². The van der Waals surface area contributed by atoms with Gasteiger partial charge < -0.3 is 5.32 Å². The summed E-state index contributed by atoms with van der Waals surface area (Å²) in [7, 11) is 0. The van der Waals surface area contributed by atoms with Crippen molar-refractivity contribution in [3.8, 4) is 0 Å². The van der Waals surface area contributed by atoms with Crippen LogP contribution in [0.25, 0.3) is 0 Å².